The van der Waals surface area contributed by atoms with Gasteiger partial charge in [-0.15, -0.1) is 11.3 Å². The summed E-state index contributed by atoms with van der Waals surface area (Å²) in [6, 6.07) is 0.685. The number of rotatable bonds is 4. The molecule has 0 spiro atoms. The normalized spacial score (nSPS) is 22.7. The number of hydrogen-bond donors (Lipinski definition) is 1. The fourth-order valence-electron chi connectivity index (χ4n) is 2.58. The number of nitrogens with zero attached hydrogens (tertiary/aromatic N) is 1. The Morgan fingerprint density at radius 2 is 2.00 bits per heavy atom. The van der Waals surface area contributed by atoms with Crippen LogP contribution < -0.4 is 5.32 Å². The predicted molar refractivity (Wildman–Crippen MR) is 70.5 cm³/mol. The number of nitrogens with one attached hydrogen (secondary N) is 1. The standard InChI is InChI=1S/C13H20N2O2S/c1-2-4-10(5-3-1)14-8-12-15-11(9-18-12)13-16-6-7-17-13/h9-10,13-14H,1-8H2. The van der Waals surface area contributed by atoms with Crippen LogP contribution in [0.3, 0.4) is 0 Å². The average molecular weight is 268 g/mol. The van der Waals surface area contributed by atoms with Gasteiger partial charge in [-0.25, -0.2) is 4.98 Å². The molecule has 0 radical (unpaired) electrons. The molecule has 100 valence electrons. The second-order valence-corrected chi connectivity index (χ2v) is 5.90. The summed E-state index contributed by atoms with van der Waals surface area (Å²) in [6.45, 7) is 2.23. The fraction of sp³-hybridized carbons (Fsp3) is 0.769. The lowest BCUT2D eigenvalue weighted by atomic mass is 9.96. The molecule has 1 aromatic heterocycles. The van der Waals surface area contributed by atoms with E-state index in [1.807, 2.05) is 5.38 Å². The maximum absolute atomic E-state index is 5.45. The lowest BCUT2D eigenvalue weighted by Gasteiger charge is -2.22. The van der Waals surface area contributed by atoms with Gasteiger partial charge in [-0.3, -0.25) is 0 Å². The largest absolute Gasteiger partial charge is 0.345 e. The van der Waals surface area contributed by atoms with Crippen LogP contribution >= 0.6 is 11.3 Å². The summed E-state index contributed by atoms with van der Waals surface area (Å²) in [5.41, 5.74) is 0.929. The molecule has 1 aliphatic heterocycles. The van der Waals surface area contributed by atoms with Crippen LogP contribution in [-0.4, -0.2) is 24.2 Å². The minimum atomic E-state index is -0.232. The molecule has 0 unspecified atom stereocenters. The number of aromatic nitrogens is 1. The lowest BCUT2D eigenvalue weighted by Crippen LogP contribution is -2.30. The molecule has 0 bridgehead atoms. The van der Waals surface area contributed by atoms with E-state index in [1.54, 1.807) is 11.3 Å². The van der Waals surface area contributed by atoms with E-state index >= 15 is 0 Å². The number of thiazole rings is 1. The third-order valence-electron chi connectivity index (χ3n) is 3.58. The van der Waals surface area contributed by atoms with Gasteiger partial charge in [0.05, 0.1) is 13.2 Å². The molecule has 5 heteroatoms. The summed E-state index contributed by atoms with van der Waals surface area (Å²) >= 11 is 1.69. The quantitative estimate of drug-likeness (QED) is 0.911. The zero-order valence-electron chi connectivity index (χ0n) is 10.6. The van der Waals surface area contributed by atoms with Crippen molar-refractivity contribution in [2.75, 3.05) is 13.2 Å². The molecule has 18 heavy (non-hydrogen) atoms. The van der Waals surface area contributed by atoms with E-state index in [-0.39, 0.29) is 6.29 Å². The van der Waals surface area contributed by atoms with Gasteiger partial charge >= 0.3 is 0 Å². The van der Waals surface area contributed by atoms with Gasteiger partial charge in [-0.2, -0.15) is 0 Å². The van der Waals surface area contributed by atoms with Crippen LogP contribution in [0.4, 0.5) is 0 Å². The fourth-order valence-corrected chi connectivity index (χ4v) is 3.33. The first-order chi connectivity index (χ1) is 8.92. The minimum absolute atomic E-state index is 0.232. The minimum Gasteiger partial charge on any atom is -0.345 e. The Balaban J connectivity index is 1.50. The summed E-state index contributed by atoms with van der Waals surface area (Å²) in [5.74, 6) is 0. The van der Waals surface area contributed by atoms with Gasteiger partial charge in [0, 0.05) is 18.0 Å². The van der Waals surface area contributed by atoms with E-state index in [9.17, 15) is 0 Å². The van der Waals surface area contributed by atoms with Crippen LogP contribution in [0.1, 0.15) is 49.1 Å². The Hall–Kier alpha value is -0.490. The summed E-state index contributed by atoms with van der Waals surface area (Å²) < 4.78 is 10.9. The first kappa shape index (κ1) is 12.5. The van der Waals surface area contributed by atoms with E-state index in [2.05, 4.69) is 10.3 Å². The van der Waals surface area contributed by atoms with Crippen molar-refractivity contribution >= 4 is 11.3 Å². The van der Waals surface area contributed by atoms with Crippen molar-refractivity contribution in [2.24, 2.45) is 0 Å². The van der Waals surface area contributed by atoms with Gasteiger partial charge in [0.15, 0.2) is 0 Å². The molecule has 0 amide bonds. The molecule has 1 aliphatic carbocycles. The van der Waals surface area contributed by atoms with E-state index in [4.69, 9.17) is 9.47 Å². The molecule has 4 nitrogen and oxygen atoms in total. The Labute approximate surface area is 112 Å². The molecular formula is C13H20N2O2S. The second-order valence-electron chi connectivity index (χ2n) is 4.96. The molecule has 2 fully saturated rings. The van der Waals surface area contributed by atoms with Crippen molar-refractivity contribution in [3.8, 4) is 0 Å². The van der Waals surface area contributed by atoms with Crippen LogP contribution in [0.25, 0.3) is 0 Å². The Bertz CT molecular complexity index is 371. The van der Waals surface area contributed by atoms with E-state index < -0.39 is 0 Å². The lowest BCUT2D eigenvalue weighted by molar-refractivity contribution is -0.0469. The van der Waals surface area contributed by atoms with Crippen molar-refractivity contribution < 1.29 is 9.47 Å². The number of ether oxygens (including phenoxy) is 2. The Morgan fingerprint density at radius 1 is 1.22 bits per heavy atom. The van der Waals surface area contributed by atoms with E-state index in [0.29, 0.717) is 19.3 Å². The first-order valence-corrected chi connectivity index (χ1v) is 7.71. The molecule has 1 N–H and O–H groups in total. The smallest absolute Gasteiger partial charge is 0.202 e. The molecule has 0 aromatic carbocycles. The maximum atomic E-state index is 5.45. The molecule has 0 atom stereocenters. The monoisotopic (exact) mass is 268 g/mol. The van der Waals surface area contributed by atoms with E-state index in [1.165, 1.54) is 32.1 Å². The van der Waals surface area contributed by atoms with Crippen LogP contribution in [-0.2, 0) is 16.0 Å². The van der Waals surface area contributed by atoms with Gasteiger partial charge < -0.3 is 14.8 Å². The Morgan fingerprint density at radius 3 is 2.78 bits per heavy atom. The Kier molecular flexibility index (Phi) is 4.25. The van der Waals surface area contributed by atoms with Crippen molar-refractivity contribution in [1.29, 1.82) is 0 Å². The summed E-state index contributed by atoms with van der Waals surface area (Å²) in [5, 5.41) is 6.79. The third kappa shape index (κ3) is 3.09. The summed E-state index contributed by atoms with van der Waals surface area (Å²) in [4.78, 5) is 4.58. The summed E-state index contributed by atoms with van der Waals surface area (Å²) in [6.07, 6.45) is 6.52. The van der Waals surface area contributed by atoms with Crippen LogP contribution in [0.5, 0.6) is 0 Å². The molecule has 2 heterocycles. The molecule has 1 aromatic rings. The molecule has 2 aliphatic rings. The average Bonchev–Trinajstić information content (AvgIpc) is 3.08. The highest BCUT2D eigenvalue weighted by molar-refractivity contribution is 7.09. The van der Waals surface area contributed by atoms with Crippen molar-refractivity contribution in [3.63, 3.8) is 0 Å². The molecule has 1 saturated carbocycles. The number of hydrogen-bond acceptors (Lipinski definition) is 5. The highest BCUT2D eigenvalue weighted by Gasteiger charge is 2.21. The van der Waals surface area contributed by atoms with Gasteiger partial charge in [0.25, 0.3) is 0 Å². The topological polar surface area (TPSA) is 43.4 Å². The molecule has 3 rings (SSSR count). The maximum Gasteiger partial charge on any atom is 0.202 e. The van der Waals surface area contributed by atoms with Crippen molar-refractivity contribution in [1.82, 2.24) is 10.3 Å². The van der Waals surface area contributed by atoms with Gasteiger partial charge in [-0.05, 0) is 12.8 Å². The zero-order valence-corrected chi connectivity index (χ0v) is 11.4. The zero-order chi connectivity index (χ0) is 12.2. The molecule has 1 saturated heterocycles. The molecular weight excluding hydrogens is 248 g/mol. The van der Waals surface area contributed by atoms with Crippen molar-refractivity contribution in [3.05, 3.63) is 16.1 Å². The first-order valence-electron chi connectivity index (χ1n) is 6.83. The predicted octanol–water partition coefficient (Wildman–Crippen LogP) is 2.61. The second kappa shape index (κ2) is 6.10. The van der Waals surface area contributed by atoms with Crippen LogP contribution in [0.15, 0.2) is 5.38 Å². The summed E-state index contributed by atoms with van der Waals surface area (Å²) in [7, 11) is 0. The SMILES string of the molecule is c1sc(CNC2CCCCC2)nc1C1OCCO1. The van der Waals surface area contributed by atoms with Gasteiger partial charge in [-0.1, -0.05) is 19.3 Å². The van der Waals surface area contributed by atoms with Gasteiger partial charge in [0.1, 0.15) is 10.7 Å². The van der Waals surface area contributed by atoms with Crippen molar-refractivity contribution in [2.45, 2.75) is 51.0 Å². The van der Waals surface area contributed by atoms with Crippen LogP contribution in [0, 0.1) is 0 Å². The van der Waals surface area contributed by atoms with Crippen LogP contribution in [0.2, 0.25) is 0 Å². The van der Waals surface area contributed by atoms with Gasteiger partial charge in [0.2, 0.25) is 6.29 Å². The van der Waals surface area contributed by atoms with E-state index in [0.717, 1.165) is 17.2 Å². The third-order valence-corrected chi connectivity index (χ3v) is 4.45. The highest BCUT2D eigenvalue weighted by Crippen LogP contribution is 2.25. The highest BCUT2D eigenvalue weighted by atomic mass is 32.1.